The van der Waals surface area contributed by atoms with Gasteiger partial charge in [-0.3, -0.25) is 9.89 Å². The molecule has 1 aliphatic carbocycles. The first-order valence-corrected chi connectivity index (χ1v) is 8.97. The third-order valence-electron chi connectivity index (χ3n) is 4.94. The molecule has 2 aromatic rings. The van der Waals surface area contributed by atoms with Crippen LogP contribution in [0.5, 0.6) is 5.75 Å². The van der Waals surface area contributed by atoms with Gasteiger partial charge in [-0.25, -0.2) is 0 Å². The molecule has 0 unspecified atom stereocenters. The van der Waals surface area contributed by atoms with Gasteiger partial charge in [-0.1, -0.05) is 0 Å². The molecule has 0 spiro atoms. The quantitative estimate of drug-likeness (QED) is 0.876. The number of rotatable bonds is 5. The van der Waals surface area contributed by atoms with Crippen LogP contribution in [0.4, 0.5) is 5.69 Å². The van der Waals surface area contributed by atoms with Crippen molar-refractivity contribution >= 4 is 11.6 Å². The second kappa shape index (κ2) is 7.27. The smallest absolute Gasteiger partial charge is 0.232 e. The third-order valence-corrected chi connectivity index (χ3v) is 4.94. The highest BCUT2D eigenvalue weighted by atomic mass is 16.5. The number of amides is 1. The van der Waals surface area contributed by atoms with Gasteiger partial charge in [-0.15, -0.1) is 0 Å². The summed E-state index contributed by atoms with van der Waals surface area (Å²) in [4.78, 5) is 12.6. The van der Waals surface area contributed by atoms with Crippen molar-refractivity contribution in [1.82, 2.24) is 10.2 Å². The van der Waals surface area contributed by atoms with Crippen molar-refractivity contribution in [2.75, 3.05) is 18.5 Å². The molecule has 2 N–H and O–H groups in total. The third kappa shape index (κ3) is 3.69. The van der Waals surface area contributed by atoms with Crippen molar-refractivity contribution < 1.29 is 14.3 Å². The summed E-state index contributed by atoms with van der Waals surface area (Å²) in [5.41, 5.74) is 2.90. The van der Waals surface area contributed by atoms with E-state index in [9.17, 15) is 4.79 Å². The van der Waals surface area contributed by atoms with Crippen molar-refractivity contribution in [2.24, 2.45) is 0 Å². The number of H-pyrrole nitrogens is 1. The largest absolute Gasteiger partial charge is 0.491 e. The Morgan fingerprint density at radius 3 is 2.96 bits per heavy atom. The summed E-state index contributed by atoms with van der Waals surface area (Å²) in [6.45, 7) is 1.41. The fourth-order valence-electron chi connectivity index (χ4n) is 3.56. The number of aromatic nitrogens is 2. The molecule has 0 saturated carbocycles. The van der Waals surface area contributed by atoms with Crippen LogP contribution in [-0.4, -0.2) is 35.4 Å². The van der Waals surface area contributed by atoms with Crippen molar-refractivity contribution in [1.29, 1.82) is 0 Å². The number of nitrogens with one attached hydrogen (secondary N) is 2. The highest BCUT2D eigenvalue weighted by Crippen LogP contribution is 2.31. The van der Waals surface area contributed by atoms with Gasteiger partial charge in [0.2, 0.25) is 5.91 Å². The Hall–Kier alpha value is -2.34. The van der Waals surface area contributed by atoms with Gasteiger partial charge in [0.05, 0.1) is 18.2 Å². The van der Waals surface area contributed by atoms with E-state index < -0.39 is 0 Å². The molecule has 1 aromatic heterocycles. The Labute approximate surface area is 146 Å². The molecule has 1 fully saturated rings. The molecule has 2 heterocycles. The second-order valence-electron chi connectivity index (χ2n) is 6.71. The van der Waals surface area contributed by atoms with Gasteiger partial charge in [0.1, 0.15) is 12.4 Å². The van der Waals surface area contributed by atoms with Gasteiger partial charge < -0.3 is 14.8 Å². The van der Waals surface area contributed by atoms with E-state index in [1.165, 1.54) is 0 Å². The average molecular weight is 341 g/mol. The number of hydrogen-bond donors (Lipinski definition) is 2. The number of aryl methyl sites for hydroxylation is 1. The van der Waals surface area contributed by atoms with Crippen LogP contribution in [0.3, 0.4) is 0 Å². The van der Waals surface area contributed by atoms with Gasteiger partial charge in [0.25, 0.3) is 0 Å². The molecule has 1 amide bonds. The molecule has 2 atom stereocenters. The summed E-state index contributed by atoms with van der Waals surface area (Å²) in [6.07, 6.45) is 6.99. The average Bonchev–Trinajstić information content (AvgIpc) is 3.32. The zero-order valence-electron chi connectivity index (χ0n) is 14.2. The second-order valence-corrected chi connectivity index (χ2v) is 6.71. The van der Waals surface area contributed by atoms with Crippen LogP contribution < -0.4 is 10.1 Å². The van der Waals surface area contributed by atoms with Crippen molar-refractivity contribution in [3.8, 4) is 5.75 Å². The summed E-state index contributed by atoms with van der Waals surface area (Å²) in [5.74, 6) is 0.691. The molecule has 2 aliphatic rings. The molecular weight excluding hydrogens is 318 g/mol. The van der Waals surface area contributed by atoms with Crippen LogP contribution in [0.1, 0.15) is 42.9 Å². The van der Waals surface area contributed by atoms with E-state index in [0.717, 1.165) is 61.4 Å². The molecule has 0 radical (unpaired) electrons. The van der Waals surface area contributed by atoms with Crippen LogP contribution in [0, 0.1) is 0 Å². The van der Waals surface area contributed by atoms with E-state index in [4.69, 9.17) is 9.47 Å². The van der Waals surface area contributed by atoms with Crippen LogP contribution in [0.25, 0.3) is 0 Å². The van der Waals surface area contributed by atoms with Crippen LogP contribution >= 0.6 is 0 Å². The van der Waals surface area contributed by atoms with Gasteiger partial charge in [0.15, 0.2) is 0 Å². The molecule has 1 saturated heterocycles. The Kier molecular flexibility index (Phi) is 4.70. The minimum absolute atomic E-state index is 0.0235. The molecule has 1 aliphatic heterocycles. The number of fused-ring (bicyclic) bond motifs is 1. The van der Waals surface area contributed by atoms with Crippen LogP contribution in [0.15, 0.2) is 30.5 Å². The molecule has 6 heteroatoms. The van der Waals surface area contributed by atoms with Crippen molar-refractivity contribution in [2.45, 2.75) is 44.1 Å². The lowest BCUT2D eigenvalue weighted by Gasteiger charge is -2.21. The predicted molar refractivity (Wildman–Crippen MR) is 93.8 cm³/mol. The molecule has 132 valence electrons. The number of nitrogens with zero attached hydrogens (tertiary/aromatic N) is 1. The minimum Gasteiger partial charge on any atom is -0.491 e. The Balaban J connectivity index is 1.34. The maximum atomic E-state index is 12.6. The van der Waals surface area contributed by atoms with Crippen molar-refractivity contribution in [3.05, 3.63) is 41.7 Å². The van der Waals surface area contributed by atoms with Gasteiger partial charge in [-0.05, 0) is 56.4 Å². The Morgan fingerprint density at radius 2 is 2.16 bits per heavy atom. The molecule has 0 bridgehead atoms. The van der Waals surface area contributed by atoms with Gasteiger partial charge >= 0.3 is 0 Å². The monoisotopic (exact) mass is 341 g/mol. The normalized spacial score (nSPS) is 22.4. The molecular formula is C19H23N3O3. The van der Waals surface area contributed by atoms with Gasteiger partial charge in [0, 0.05) is 23.6 Å². The summed E-state index contributed by atoms with van der Waals surface area (Å²) in [6, 6.07) is 7.52. The highest BCUT2D eigenvalue weighted by molar-refractivity contribution is 5.96. The first-order chi connectivity index (χ1) is 12.3. The number of benzene rings is 1. The van der Waals surface area contributed by atoms with E-state index in [0.29, 0.717) is 6.61 Å². The first-order valence-electron chi connectivity index (χ1n) is 8.97. The maximum Gasteiger partial charge on any atom is 0.232 e. The van der Waals surface area contributed by atoms with Crippen LogP contribution in [-0.2, 0) is 16.0 Å². The summed E-state index contributed by atoms with van der Waals surface area (Å²) in [5, 5.41) is 10.1. The Morgan fingerprint density at radius 1 is 1.28 bits per heavy atom. The zero-order chi connectivity index (χ0) is 17.1. The van der Waals surface area contributed by atoms with Crippen molar-refractivity contribution in [3.63, 3.8) is 0 Å². The van der Waals surface area contributed by atoms with Crippen LogP contribution in [0.2, 0.25) is 0 Å². The number of ether oxygens (including phenoxy) is 2. The maximum absolute atomic E-state index is 12.6. The lowest BCUT2D eigenvalue weighted by molar-refractivity contribution is -0.117. The summed E-state index contributed by atoms with van der Waals surface area (Å²) < 4.78 is 11.3. The summed E-state index contributed by atoms with van der Waals surface area (Å²) >= 11 is 0. The fourth-order valence-corrected chi connectivity index (χ4v) is 3.56. The number of hydrogen-bond acceptors (Lipinski definition) is 4. The lowest BCUT2D eigenvalue weighted by Crippen LogP contribution is -2.24. The topological polar surface area (TPSA) is 76.2 Å². The standard InChI is InChI=1S/C19H23N3O3/c23-19(16-4-1-5-18-17(16)11-20-22-18)21-13-6-8-14(9-7-13)25-12-15-3-2-10-24-15/h6-9,11,15-16H,1-5,10,12H2,(H,20,22)(H,21,23)/t15-,16-/m1/s1. The number of aromatic amines is 1. The molecule has 4 rings (SSSR count). The number of carbonyl (C=O) groups excluding carboxylic acids is 1. The molecule has 25 heavy (non-hydrogen) atoms. The minimum atomic E-state index is -0.127. The highest BCUT2D eigenvalue weighted by Gasteiger charge is 2.28. The zero-order valence-corrected chi connectivity index (χ0v) is 14.2. The van der Waals surface area contributed by atoms with E-state index in [2.05, 4.69) is 15.5 Å². The molecule has 1 aromatic carbocycles. The van der Waals surface area contributed by atoms with E-state index in [1.54, 1.807) is 6.20 Å². The molecule has 6 nitrogen and oxygen atoms in total. The number of anilines is 1. The SMILES string of the molecule is O=C(Nc1ccc(OC[C@H]2CCCO2)cc1)[C@@H]1CCCc2[nH]ncc21. The Bertz CT molecular complexity index is 720. The van der Waals surface area contributed by atoms with E-state index in [1.807, 2.05) is 24.3 Å². The first kappa shape index (κ1) is 16.1. The van der Waals surface area contributed by atoms with E-state index in [-0.39, 0.29) is 17.9 Å². The van der Waals surface area contributed by atoms with Gasteiger partial charge in [-0.2, -0.15) is 5.10 Å². The van der Waals surface area contributed by atoms with E-state index >= 15 is 0 Å². The lowest BCUT2D eigenvalue weighted by atomic mass is 9.86. The predicted octanol–water partition coefficient (Wildman–Crippen LogP) is 3.03. The summed E-state index contributed by atoms with van der Waals surface area (Å²) in [7, 11) is 0. The fraction of sp³-hybridized carbons (Fsp3) is 0.474. The number of carbonyl (C=O) groups is 1.